The van der Waals surface area contributed by atoms with Crippen molar-refractivity contribution in [2.24, 2.45) is 11.3 Å². The van der Waals surface area contributed by atoms with Crippen LogP contribution in [0.2, 0.25) is 0 Å². The lowest BCUT2D eigenvalue weighted by Gasteiger charge is -2.23. The second-order valence-corrected chi connectivity index (χ2v) is 7.68. The number of unbranched alkanes of at least 4 members (excludes halogenated alkanes) is 1. The van der Waals surface area contributed by atoms with E-state index in [1.807, 2.05) is 0 Å². The van der Waals surface area contributed by atoms with Crippen LogP contribution in [0.4, 0.5) is 0 Å². The molecule has 0 aromatic heterocycles. The van der Waals surface area contributed by atoms with Crippen molar-refractivity contribution in [1.82, 2.24) is 4.31 Å². The molecule has 0 bridgehead atoms. The highest BCUT2D eigenvalue weighted by atomic mass is 32.2. The molecule has 108 valence electrons. The Bertz CT molecular complexity index is 473. The van der Waals surface area contributed by atoms with Crippen LogP contribution in [0.25, 0.3) is 0 Å². The molecule has 2 rings (SSSR count). The van der Waals surface area contributed by atoms with Crippen LogP contribution in [0.1, 0.15) is 32.1 Å². The fraction of sp³-hybridized carbons (Fsp3) is 0.769. The summed E-state index contributed by atoms with van der Waals surface area (Å²) in [6, 6.07) is 0. The van der Waals surface area contributed by atoms with Crippen LogP contribution in [-0.2, 0) is 14.8 Å². The zero-order valence-corrected chi connectivity index (χ0v) is 11.9. The van der Waals surface area contributed by atoms with Crippen LogP contribution in [0.5, 0.6) is 0 Å². The predicted molar refractivity (Wildman–Crippen MR) is 72.2 cm³/mol. The number of nitrogens with zero attached hydrogens (tertiary/aromatic N) is 1. The van der Waals surface area contributed by atoms with Crippen LogP contribution in [-0.4, -0.2) is 42.6 Å². The Morgan fingerprint density at radius 1 is 1.53 bits per heavy atom. The van der Waals surface area contributed by atoms with E-state index in [0.717, 1.165) is 12.8 Å². The number of allylic oxidation sites excluding steroid dienone is 1. The Morgan fingerprint density at radius 2 is 2.26 bits per heavy atom. The Morgan fingerprint density at radius 3 is 2.84 bits per heavy atom. The molecule has 0 aromatic carbocycles. The van der Waals surface area contributed by atoms with E-state index < -0.39 is 21.4 Å². The summed E-state index contributed by atoms with van der Waals surface area (Å²) in [6.45, 7) is 4.11. The Kier molecular flexibility index (Phi) is 4.01. The van der Waals surface area contributed by atoms with Crippen LogP contribution in [0.3, 0.4) is 0 Å². The smallest absolute Gasteiger partial charge is 0.311 e. The van der Waals surface area contributed by atoms with E-state index in [1.165, 1.54) is 4.31 Å². The van der Waals surface area contributed by atoms with Gasteiger partial charge in [-0.1, -0.05) is 12.5 Å². The molecule has 1 aliphatic carbocycles. The van der Waals surface area contributed by atoms with Gasteiger partial charge in [-0.25, -0.2) is 12.7 Å². The van der Waals surface area contributed by atoms with Crippen LogP contribution in [0.15, 0.2) is 12.7 Å². The van der Waals surface area contributed by atoms with Gasteiger partial charge in [-0.2, -0.15) is 0 Å². The van der Waals surface area contributed by atoms with E-state index in [1.54, 1.807) is 6.08 Å². The third kappa shape index (κ3) is 2.56. The zero-order valence-electron chi connectivity index (χ0n) is 11.0. The van der Waals surface area contributed by atoms with E-state index in [9.17, 15) is 18.3 Å². The van der Waals surface area contributed by atoms with Crippen molar-refractivity contribution in [3.05, 3.63) is 12.7 Å². The highest BCUT2D eigenvalue weighted by molar-refractivity contribution is 7.89. The van der Waals surface area contributed by atoms with Gasteiger partial charge in [0.25, 0.3) is 0 Å². The number of carboxylic acid groups (broad SMARTS) is 1. The maximum atomic E-state index is 12.2. The van der Waals surface area contributed by atoms with E-state index in [0.29, 0.717) is 25.8 Å². The minimum absolute atomic E-state index is 0.0146. The first-order valence-corrected chi connectivity index (χ1v) is 8.35. The molecule has 1 N–H and O–H groups in total. The molecule has 0 aromatic rings. The molecule has 0 radical (unpaired) electrons. The summed E-state index contributed by atoms with van der Waals surface area (Å²) in [5, 5.41) is 9.44. The molecular weight excluding hydrogens is 266 g/mol. The minimum Gasteiger partial charge on any atom is -0.481 e. The van der Waals surface area contributed by atoms with Crippen molar-refractivity contribution in [2.45, 2.75) is 32.1 Å². The van der Waals surface area contributed by atoms with E-state index in [-0.39, 0.29) is 18.2 Å². The SMILES string of the molecule is C=CCCCS(=O)(=O)N1C[C@@H]2CCC[C@@]2(C(=O)O)C1. The molecule has 1 heterocycles. The summed E-state index contributed by atoms with van der Waals surface area (Å²) in [4.78, 5) is 11.5. The normalized spacial score (nSPS) is 31.3. The maximum Gasteiger partial charge on any atom is 0.311 e. The molecule has 0 amide bonds. The van der Waals surface area contributed by atoms with Gasteiger partial charge in [-0.3, -0.25) is 4.79 Å². The zero-order chi connectivity index (χ0) is 14.1. The van der Waals surface area contributed by atoms with Gasteiger partial charge in [0.2, 0.25) is 10.0 Å². The summed E-state index contributed by atoms with van der Waals surface area (Å²) in [7, 11) is -3.32. The minimum atomic E-state index is -3.32. The number of carbonyl (C=O) groups is 1. The summed E-state index contributed by atoms with van der Waals surface area (Å²) >= 11 is 0. The van der Waals surface area contributed by atoms with Crippen molar-refractivity contribution in [2.75, 3.05) is 18.8 Å². The molecule has 5 nitrogen and oxygen atoms in total. The first-order valence-electron chi connectivity index (χ1n) is 6.74. The molecule has 2 fully saturated rings. The number of hydrogen-bond acceptors (Lipinski definition) is 3. The van der Waals surface area contributed by atoms with Crippen LogP contribution in [0, 0.1) is 11.3 Å². The van der Waals surface area contributed by atoms with E-state index in [2.05, 4.69) is 6.58 Å². The van der Waals surface area contributed by atoms with Gasteiger partial charge in [0.05, 0.1) is 11.2 Å². The molecular formula is C13H21NO4S. The van der Waals surface area contributed by atoms with Gasteiger partial charge >= 0.3 is 5.97 Å². The number of hydrogen-bond donors (Lipinski definition) is 1. The number of aliphatic carboxylic acids is 1. The summed E-state index contributed by atoms with van der Waals surface area (Å²) < 4.78 is 25.8. The predicted octanol–water partition coefficient (Wildman–Crippen LogP) is 1.47. The van der Waals surface area contributed by atoms with Gasteiger partial charge < -0.3 is 5.11 Å². The quantitative estimate of drug-likeness (QED) is 0.593. The average molecular weight is 287 g/mol. The summed E-state index contributed by atoms with van der Waals surface area (Å²) in [5.41, 5.74) is -0.828. The lowest BCUT2D eigenvalue weighted by atomic mass is 9.81. The number of carboxylic acids is 1. The number of fused-ring (bicyclic) bond motifs is 1. The van der Waals surface area contributed by atoms with Gasteiger partial charge in [-0.15, -0.1) is 6.58 Å². The van der Waals surface area contributed by atoms with Crippen LogP contribution >= 0.6 is 0 Å². The first-order chi connectivity index (χ1) is 8.92. The van der Waals surface area contributed by atoms with E-state index in [4.69, 9.17) is 0 Å². The summed E-state index contributed by atoms with van der Waals surface area (Å²) in [6.07, 6.45) is 5.23. The van der Waals surface area contributed by atoms with Gasteiger partial charge in [0.15, 0.2) is 0 Å². The third-order valence-corrected chi connectivity index (χ3v) is 6.34. The molecule has 0 spiro atoms. The lowest BCUT2D eigenvalue weighted by molar-refractivity contribution is -0.149. The number of sulfonamides is 1. The standard InChI is InChI=1S/C13H21NO4S/c1-2-3-4-8-19(17,18)14-9-11-6-5-7-13(11,10-14)12(15)16/h2,11H,1,3-10H2,(H,15,16)/t11-,13+/m0/s1. The van der Waals surface area contributed by atoms with Crippen molar-refractivity contribution in [1.29, 1.82) is 0 Å². The molecule has 0 unspecified atom stereocenters. The van der Waals surface area contributed by atoms with Crippen molar-refractivity contribution >= 4 is 16.0 Å². The molecule has 1 saturated carbocycles. The third-order valence-electron chi connectivity index (χ3n) is 4.47. The van der Waals surface area contributed by atoms with Gasteiger partial charge in [-0.05, 0) is 31.6 Å². The first kappa shape index (κ1) is 14.5. The molecule has 19 heavy (non-hydrogen) atoms. The lowest BCUT2D eigenvalue weighted by Crippen LogP contribution is -2.37. The molecule has 6 heteroatoms. The van der Waals surface area contributed by atoms with Crippen molar-refractivity contribution in [3.63, 3.8) is 0 Å². The summed E-state index contributed by atoms with van der Waals surface area (Å²) in [5.74, 6) is -0.764. The van der Waals surface area contributed by atoms with Gasteiger partial charge in [0.1, 0.15) is 0 Å². The second-order valence-electron chi connectivity index (χ2n) is 5.59. The van der Waals surface area contributed by atoms with Gasteiger partial charge in [0, 0.05) is 13.1 Å². The largest absolute Gasteiger partial charge is 0.481 e. The Balaban J connectivity index is 2.09. The monoisotopic (exact) mass is 287 g/mol. The molecule has 2 aliphatic rings. The maximum absolute atomic E-state index is 12.2. The molecule has 1 saturated heterocycles. The fourth-order valence-electron chi connectivity index (χ4n) is 3.34. The topological polar surface area (TPSA) is 74.7 Å². The van der Waals surface area contributed by atoms with E-state index >= 15 is 0 Å². The Labute approximate surface area is 114 Å². The average Bonchev–Trinajstić information content (AvgIpc) is 2.86. The highest BCUT2D eigenvalue weighted by Gasteiger charge is 2.56. The molecule has 1 aliphatic heterocycles. The molecule has 2 atom stereocenters. The Hall–Kier alpha value is -0.880. The highest BCUT2D eigenvalue weighted by Crippen LogP contribution is 2.49. The van der Waals surface area contributed by atoms with Crippen molar-refractivity contribution in [3.8, 4) is 0 Å². The number of rotatable bonds is 6. The van der Waals surface area contributed by atoms with Crippen LogP contribution < -0.4 is 0 Å². The van der Waals surface area contributed by atoms with Crippen molar-refractivity contribution < 1.29 is 18.3 Å². The second kappa shape index (κ2) is 5.25. The fourth-order valence-corrected chi connectivity index (χ4v) is 4.97.